The smallest absolute Gasteiger partial charge is 0.335 e. The molecule has 0 aliphatic rings. The maximum Gasteiger partial charge on any atom is 0.335 e. The molecule has 1 aromatic heterocycles. The lowest BCUT2D eigenvalue weighted by Gasteiger charge is -2.00. The normalized spacial score (nSPS) is 10.6. The van der Waals surface area contributed by atoms with Gasteiger partial charge in [-0.15, -0.1) is 0 Å². The van der Waals surface area contributed by atoms with Crippen molar-refractivity contribution in [1.82, 2.24) is 4.57 Å². The van der Waals surface area contributed by atoms with Crippen molar-refractivity contribution in [2.24, 2.45) is 0 Å². The van der Waals surface area contributed by atoms with Gasteiger partial charge in [-0.1, -0.05) is 0 Å². The molecule has 16 heavy (non-hydrogen) atoms. The Bertz CT molecular complexity index is 569. The van der Waals surface area contributed by atoms with E-state index in [0.29, 0.717) is 10.9 Å². The van der Waals surface area contributed by atoms with E-state index in [9.17, 15) is 9.59 Å². The Morgan fingerprint density at radius 2 is 2.25 bits per heavy atom. The number of hydrogen-bond donors (Lipinski definition) is 1. The van der Waals surface area contributed by atoms with Gasteiger partial charge < -0.3 is 9.67 Å². The van der Waals surface area contributed by atoms with Gasteiger partial charge in [0.15, 0.2) is 6.29 Å². The summed E-state index contributed by atoms with van der Waals surface area (Å²) >= 11 is 0. The van der Waals surface area contributed by atoms with Crippen molar-refractivity contribution in [3.63, 3.8) is 0 Å². The quantitative estimate of drug-likeness (QED) is 0.801. The van der Waals surface area contributed by atoms with Crippen LogP contribution in [0.15, 0.2) is 24.4 Å². The third-order valence-electron chi connectivity index (χ3n) is 2.63. The summed E-state index contributed by atoms with van der Waals surface area (Å²) in [5.74, 6) is -0.983. The highest BCUT2D eigenvalue weighted by Gasteiger charge is 2.10. The molecule has 82 valence electrons. The second-order valence-corrected chi connectivity index (χ2v) is 3.53. The Hall–Kier alpha value is -2.10. The molecule has 0 atom stereocenters. The number of aryl methyl sites for hydroxylation is 1. The number of aromatic nitrogens is 1. The molecule has 0 saturated carbocycles. The number of carboxylic acid groups (broad SMARTS) is 1. The summed E-state index contributed by atoms with van der Waals surface area (Å²) in [6.07, 6.45) is 2.49. The fourth-order valence-electron chi connectivity index (χ4n) is 1.81. The SMILES string of the molecule is CCn1cc(C=O)c2cc(C(=O)O)ccc21. The standard InChI is InChI=1S/C12H11NO3/c1-2-13-6-9(7-14)10-5-8(12(15)16)3-4-11(10)13/h3-7H,2H2,1H3,(H,15,16). The lowest BCUT2D eigenvalue weighted by molar-refractivity contribution is 0.0697. The van der Waals surface area contributed by atoms with Crippen LogP contribution in [-0.2, 0) is 6.54 Å². The average molecular weight is 217 g/mol. The number of benzene rings is 1. The number of rotatable bonds is 3. The summed E-state index contributed by atoms with van der Waals surface area (Å²) in [5, 5.41) is 9.57. The number of nitrogens with zero attached hydrogens (tertiary/aromatic N) is 1. The third-order valence-corrected chi connectivity index (χ3v) is 2.63. The van der Waals surface area contributed by atoms with Gasteiger partial charge in [0.2, 0.25) is 0 Å². The van der Waals surface area contributed by atoms with Crippen molar-refractivity contribution in [2.75, 3.05) is 0 Å². The first kappa shape index (κ1) is 10.4. The predicted molar refractivity (Wildman–Crippen MR) is 60.0 cm³/mol. The molecule has 2 aromatic rings. The van der Waals surface area contributed by atoms with E-state index >= 15 is 0 Å². The summed E-state index contributed by atoms with van der Waals surface area (Å²) < 4.78 is 1.92. The van der Waals surface area contributed by atoms with Gasteiger partial charge in [-0.3, -0.25) is 4.79 Å². The van der Waals surface area contributed by atoms with E-state index in [1.807, 2.05) is 11.5 Å². The second-order valence-electron chi connectivity index (χ2n) is 3.53. The number of fused-ring (bicyclic) bond motifs is 1. The maximum absolute atomic E-state index is 10.9. The molecule has 1 aromatic carbocycles. The first-order valence-corrected chi connectivity index (χ1v) is 4.98. The monoisotopic (exact) mass is 217 g/mol. The van der Waals surface area contributed by atoms with Gasteiger partial charge in [0.1, 0.15) is 0 Å². The maximum atomic E-state index is 10.9. The molecule has 0 unspecified atom stereocenters. The van der Waals surface area contributed by atoms with Crippen LogP contribution in [0.1, 0.15) is 27.6 Å². The second kappa shape index (κ2) is 3.81. The Labute approximate surface area is 92.1 Å². The molecule has 0 fully saturated rings. The van der Waals surface area contributed by atoms with Crippen molar-refractivity contribution in [3.05, 3.63) is 35.5 Å². The van der Waals surface area contributed by atoms with Crippen LogP contribution in [0, 0.1) is 0 Å². The van der Waals surface area contributed by atoms with E-state index < -0.39 is 5.97 Å². The van der Waals surface area contributed by atoms with E-state index in [2.05, 4.69) is 0 Å². The van der Waals surface area contributed by atoms with Crippen molar-refractivity contribution in [2.45, 2.75) is 13.5 Å². The van der Waals surface area contributed by atoms with Gasteiger partial charge in [-0.05, 0) is 25.1 Å². The van der Waals surface area contributed by atoms with E-state index in [-0.39, 0.29) is 5.56 Å². The van der Waals surface area contributed by atoms with Crippen LogP contribution >= 0.6 is 0 Å². The number of carbonyl (C=O) groups is 2. The highest BCUT2D eigenvalue weighted by molar-refractivity contribution is 6.01. The molecule has 0 bridgehead atoms. The van der Waals surface area contributed by atoms with E-state index in [0.717, 1.165) is 18.3 Å². The van der Waals surface area contributed by atoms with Crippen molar-refractivity contribution < 1.29 is 14.7 Å². The molecular formula is C12H11NO3. The van der Waals surface area contributed by atoms with Gasteiger partial charge in [-0.2, -0.15) is 0 Å². The highest BCUT2D eigenvalue weighted by atomic mass is 16.4. The lowest BCUT2D eigenvalue weighted by atomic mass is 10.1. The van der Waals surface area contributed by atoms with Crippen molar-refractivity contribution in [3.8, 4) is 0 Å². The molecule has 1 heterocycles. The molecule has 4 nitrogen and oxygen atoms in total. The Kier molecular flexibility index (Phi) is 2.48. The molecular weight excluding hydrogens is 206 g/mol. The van der Waals surface area contributed by atoms with Crippen molar-refractivity contribution in [1.29, 1.82) is 0 Å². The molecule has 0 amide bonds. The van der Waals surface area contributed by atoms with E-state index in [1.165, 1.54) is 6.07 Å². The summed E-state index contributed by atoms with van der Waals surface area (Å²) in [6.45, 7) is 2.72. The van der Waals surface area contributed by atoms with Gasteiger partial charge in [0, 0.05) is 29.2 Å². The molecule has 0 spiro atoms. The summed E-state index contributed by atoms with van der Waals surface area (Å²) in [6, 6.07) is 4.81. The van der Waals surface area contributed by atoms with Gasteiger partial charge in [0.05, 0.1) is 5.56 Å². The largest absolute Gasteiger partial charge is 0.478 e. The summed E-state index contributed by atoms with van der Waals surface area (Å²) in [4.78, 5) is 21.7. The Morgan fingerprint density at radius 3 is 2.81 bits per heavy atom. The molecule has 0 radical (unpaired) electrons. The fourth-order valence-corrected chi connectivity index (χ4v) is 1.81. The van der Waals surface area contributed by atoms with Gasteiger partial charge in [-0.25, -0.2) is 4.79 Å². The van der Waals surface area contributed by atoms with Gasteiger partial charge in [0.25, 0.3) is 0 Å². The number of carboxylic acids is 1. The molecule has 0 aliphatic heterocycles. The lowest BCUT2D eigenvalue weighted by Crippen LogP contribution is -1.96. The first-order valence-electron chi connectivity index (χ1n) is 4.98. The van der Waals surface area contributed by atoms with Crippen LogP contribution < -0.4 is 0 Å². The van der Waals surface area contributed by atoms with Crippen LogP contribution in [0.4, 0.5) is 0 Å². The summed E-state index contributed by atoms with van der Waals surface area (Å²) in [7, 11) is 0. The Balaban J connectivity index is 2.76. The fraction of sp³-hybridized carbons (Fsp3) is 0.167. The zero-order valence-electron chi connectivity index (χ0n) is 8.80. The third kappa shape index (κ3) is 1.48. The zero-order valence-corrected chi connectivity index (χ0v) is 8.80. The Morgan fingerprint density at radius 1 is 1.50 bits per heavy atom. The minimum atomic E-state index is -0.983. The average Bonchev–Trinajstić information content (AvgIpc) is 2.65. The van der Waals surface area contributed by atoms with Crippen LogP contribution in [0.3, 0.4) is 0 Å². The van der Waals surface area contributed by atoms with Crippen LogP contribution in [0.2, 0.25) is 0 Å². The topological polar surface area (TPSA) is 59.3 Å². The minimum absolute atomic E-state index is 0.199. The molecule has 2 rings (SSSR count). The number of aromatic carboxylic acids is 1. The van der Waals surface area contributed by atoms with Crippen LogP contribution in [0.5, 0.6) is 0 Å². The highest BCUT2D eigenvalue weighted by Crippen LogP contribution is 2.21. The summed E-state index contributed by atoms with van der Waals surface area (Å²) in [5.41, 5.74) is 1.61. The predicted octanol–water partition coefficient (Wildman–Crippen LogP) is 2.17. The van der Waals surface area contributed by atoms with E-state index in [1.54, 1.807) is 18.3 Å². The molecule has 1 N–H and O–H groups in total. The molecule has 4 heteroatoms. The zero-order chi connectivity index (χ0) is 11.7. The van der Waals surface area contributed by atoms with Crippen molar-refractivity contribution >= 4 is 23.2 Å². The number of carbonyl (C=O) groups excluding carboxylic acids is 1. The van der Waals surface area contributed by atoms with Crippen LogP contribution in [-0.4, -0.2) is 21.9 Å². The number of hydrogen-bond acceptors (Lipinski definition) is 2. The van der Waals surface area contributed by atoms with Gasteiger partial charge >= 0.3 is 5.97 Å². The van der Waals surface area contributed by atoms with E-state index in [4.69, 9.17) is 5.11 Å². The molecule has 0 aliphatic carbocycles. The van der Waals surface area contributed by atoms with Crippen LogP contribution in [0.25, 0.3) is 10.9 Å². The first-order chi connectivity index (χ1) is 7.67. The number of aldehydes is 1. The minimum Gasteiger partial charge on any atom is -0.478 e. The molecule has 0 saturated heterocycles.